The second-order valence-electron chi connectivity index (χ2n) is 11.3. The van der Waals surface area contributed by atoms with Crippen LogP contribution in [0.25, 0.3) is 11.3 Å². The molecule has 2 aliphatic rings. The molecule has 1 aromatic heterocycles. The van der Waals surface area contributed by atoms with Gasteiger partial charge in [0, 0.05) is 70.0 Å². The summed E-state index contributed by atoms with van der Waals surface area (Å²) in [6, 6.07) is 12.2. The predicted octanol–water partition coefficient (Wildman–Crippen LogP) is 2.93. The average molecular weight is 609 g/mol. The fourth-order valence-electron chi connectivity index (χ4n) is 5.33. The van der Waals surface area contributed by atoms with Gasteiger partial charge in [-0.2, -0.15) is 0 Å². The van der Waals surface area contributed by atoms with Crippen molar-refractivity contribution in [3.05, 3.63) is 48.2 Å². The van der Waals surface area contributed by atoms with Crippen LogP contribution in [0.4, 0.5) is 10.5 Å². The summed E-state index contributed by atoms with van der Waals surface area (Å²) in [6.07, 6.45) is 2.08. The quantitative estimate of drug-likeness (QED) is 0.349. The van der Waals surface area contributed by atoms with Crippen molar-refractivity contribution in [3.8, 4) is 11.3 Å². The minimum absolute atomic E-state index is 0.0662. The van der Waals surface area contributed by atoms with Crippen molar-refractivity contribution in [1.29, 1.82) is 0 Å². The number of nitrogens with zero attached hydrogens (tertiary/aromatic N) is 5. The van der Waals surface area contributed by atoms with Crippen molar-refractivity contribution >= 4 is 29.6 Å². The van der Waals surface area contributed by atoms with Gasteiger partial charge in [-0.05, 0) is 32.0 Å². The van der Waals surface area contributed by atoms with Gasteiger partial charge in [0.25, 0.3) is 5.91 Å². The summed E-state index contributed by atoms with van der Waals surface area (Å²) < 4.78 is 5.34. The number of pyridine rings is 1. The predicted molar refractivity (Wildman–Crippen MR) is 167 cm³/mol. The van der Waals surface area contributed by atoms with E-state index in [-0.39, 0.29) is 37.5 Å². The molecule has 2 aliphatic heterocycles. The van der Waals surface area contributed by atoms with Gasteiger partial charge in [-0.15, -0.1) is 0 Å². The summed E-state index contributed by atoms with van der Waals surface area (Å²) in [5, 5.41) is 12.1. The van der Waals surface area contributed by atoms with Gasteiger partial charge >= 0.3 is 12.1 Å². The van der Waals surface area contributed by atoms with Gasteiger partial charge in [0.1, 0.15) is 11.7 Å². The lowest BCUT2D eigenvalue weighted by Gasteiger charge is -2.36. The van der Waals surface area contributed by atoms with Crippen LogP contribution in [0.2, 0.25) is 0 Å². The number of carboxylic acids is 1. The van der Waals surface area contributed by atoms with Crippen LogP contribution >= 0.6 is 0 Å². The van der Waals surface area contributed by atoms with E-state index in [4.69, 9.17) is 4.74 Å². The van der Waals surface area contributed by atoms with Gasteiger partial charge in [-0.25, -0.2) is 9.78 Å². The van der Waals surface area contributed by atoms with Crippen LogP contribution in [0, 0.1) is 0 Å². The molecule has 4 rings (SSSR count). The van der Waals surface area contributed by atoms with E-state index < -0.39 is 24.0 Å². The molecule has 3 heterocycles. The molecule has 0 aliphatic carbocycles. The third-order valence-electron chi connectivity index (χ3n) is 8.05. The number of piperazine rings is 2. The Morgan fingerprint density at radius 2 is 1.61 bits per heavy atom. The van der Waals surface area contributed by atoms with Crippen LogP contribution < -0.4 is 10.2 Å². The van der Waals surface area contributed by atoms with E-state index in [0.717, 1.165) is 56.7 Å². The van der Waals surface area contributed by atoms with Crippen molar-refractivity contribution in [1.82, 2.24) is 25.0 Å². The Morgan fingerprint density at radius 3 is 2.27 bits per heavy atom. The Kier molecular flexibility index (Phi) is 11.9. The lowest BCUT2D eigenvalue weighted by Crippen LogP contribution is -2.56. The van der Waals surface area contributed by atoms with Crippen LogP contribution in [-0.2, 0) is 14.3 Å². The van der Waals surface area contributed by atoms with Gasteiger partial charge in [0.05, 0.1) is 12.3 Å². The lowest BCUT2D eigenvalue weighted by atomic mass is 10.1. The molecule has 2 saturated heterocycles. The number of nitrogens with one attached hydrogen (secondary N) is 1. The summed E-state index contributed by atoms with van der Waals surface area (Å²) in [5.74, 6) is -1.99. The average Bonchev–Trinajstić information content (AvgIpc) is 3.05. The van der Waals surface area contributed by atoms with E-state index >= 15 is 0 Å². The topological polar surface area (TPSA) is 136 Å². The Morgan fingerprint density at radius 1 is 0.932 bits per heavy atom. The normalized spacial score (nSPS) is 16.4. The maximum absolute atomic E-state index is 13.7. The third-order valence-corrected chi connectivity index (χ3v) is 8.05. The van der Waals surface area contributed by atoms with E-state index in [1.165, 1.54) is 0 Å². The minimum Gasteiger partial charge on any atom is -0.481 e. The van der Waals surface area contributed by atoms with Crippen molar-refractivity contribution < 1.29 is 29.0 Å². The number of hydrogen-bond donors (Lipinski definition) is 2. The first kappa shape index (κ1) is 32.7. The van der Waals surface area contributed by atoms with Crippen LogP contribution in [-0.4, -0.2) is 121 Å². The standard InChI is InChI=1S/C32H44N6O6/c1-3-4-8-21-44-32(43)38-19-17-37(18-20-38)31(42)26(11-12-29(39)40)34-30(41)28-23-25(36-15-13-35(2)14-16-36)22-27(33-28)24-9-6-5-7-10-24/h5-7,9-10,22-23,26H,3-4,8,11-21H2,1-2H3,(H,34,41)(H,39,40)/t26-/m0/s1. The number of anilines is 1. The highest BCUT2D eigenvalue weighted by Gasteiger charge is 2.31. The van der Waals surface area contributed by atoms with Crippen LogP contribution in [0.15, 0.2) is 42.5 Å². The number of carbonyl (C=O) groups excluding carboxylic acids is 3. The summed E-state index contributed by atoms with van der Waals surface area (Å²) in [4.78, 5) is 63.3. The first-order valence-corrected chi connectivity index (χ1v) is 15.5. The summed E-state index contributed by atoms with van der Waals surface area (Å²) in [6.45, 7) is 6.94. The number of unbranched alkanes of at least 4 members (excludes halogenated alkanes) is 2. The second kappa shape index (κ2) is 16.0. The second-order valence-corrected chi connectivity index (χ2v) is 11.3. The van der Waals surface area contributed by atoms with Gasteiger partial charge in [0.2, 0.25) is 5.91 Å². The van der Waals surface area contributed by atoms with Crippen LogP contribution in [0.3, 0.4) is 0 Å². The fraction of sp³-hybridized carbons (Fsp3) is 0.531. The number of carbonyl (C=O) groups is 4. The van der Waals surface area contributed by atoms with Crippen molar-refractivity contribution in [2.45, 2.75) is 45.1 Å². The number of ether oxygens (including phenoxy) is 1. The summed E-state index contributed by atoms with van der Waals surface area (Å²) >= 11 is 0. The number of likely N-dealkylation sites (N-methyl/N-ethyl adjacent to an activating group) is 1. The van der Waals surface area contributed by atoms with Gasteiger partial charge in [-0.3, -0.25) is 14.4 Å². The number of amides is 3. The molecule has 238 valence electrons. The molecule has 2 fully saturated rings. The van der Waals surface area contributed by atoms with Crippen LogP contribution in [0.5, 0.6) is 0 Å². The molecular weight excluding hydrogens is 564 g/mol. The molecule has 2 N–H and O–H groups in total. The Hall–Kier alpha value is -4.19. The van der Waals surface area contributed by atoms with E-state index in [2.05, 4.69) is 34.1 Å². The molecular formula is C32H44N6O6. The maximum Gasteiger partial charge on any atom is 0.409 e. The van der Waals surface area contributed by atoms with E-state index in [0.29, 0.717) is 25.4 Å². The number of aliphatic carboxylic acids is 1. The highest BCUT2D eigenvalue weighted by molar-refractivity contribution is 5.97. The zero-order valence-corrected chi connectivity index (χ0v) is 25.7. The summed E-state index contributed by atoms with van der Waals surface area (Å²) in [7, 11) is 2.08. The number of benzene rings is 1. The largest absolute Gasteiger partial charge is 0.481 e. The Labute approximate surface area is 259 Å². The zero-order chi connectivity index (χ0) is 31.5. The SMILES string of the molecule is CCCCCOC(=O)N1CCN(C(=O)[C@H](CCC(=O)O)NC(=O)c2cc(N3CCN(C)CC3)cc(-c3ccccc3)n2)CC1. The van der Waals surface area contributed by atoms with E-state index in [1.54, 1.807) is 15.9 Å². The molecule has 0 radical (unpaired) electrons. The first-order valence-electron chi connectivity index (χ1n) is 15.5. The van der Waals surface area contributed by atoms with E-state index in [9.17, 15) is 24.3 Å². The number of hydrogen-bond acceptors (Lipinski definition) is 8. The molecule has 12 heteroatoms. The van der Waals surface area contributed by atoms with E-state index in [1.807, 2.05) is 36.4 Å². The number of aromatic nitrogens is 1. The lowest BCUT2D eigenvalue weighted by molar-refractivity contribution is -0.138. The molecule has 2 aromatic rings. The molecule has 0 spiro atoms. The number of rotatable bonds is 12. The molecule has 0 unspecified atom stereocenters. The third kappa shape index (κ3) is 9.15. The summed E-state index contributed by atoms with van der Waals surface area (Å²) in [5.41, 5.74) is 2.52. The number of carboxylic acid groups (broad SMARTS) is 1. The van der Waals surface area contributed by atoms with Gasteiger partial charge in [-0.1, -0.05) is 50.1 Å². The Bertz CT molecular complexity index is 1280. The molecule has 12 nitrogen and oxygen atoms in total. The Balaban J connectivity index is 1.48. The smallest absolute Gasteiger partial charge is 0.409 e. The molecule has 3 amide bonds. The van der Waals surface area contributed by atoms with Crippen molar-refractivity contribution in [2.24, 2.45) is 0 Å². The zero-order valence-electron chi connectivity index (χ0n) is 25.7. The van der Waals surface area contributed by atoms with Crippen molar-refractivity contribution in [2.75, 3.05) is 70.9 Å². The van der Waals surface area contributed by atoms with Gasteiger partial charge in [0.15, 0.2) is 0 Å². The minimum atomic E-state index is -1.06. The van der Waals surface area contributed by atoms with Crippen LogP contribution in [0.1, 0.15) is 49.5 Å². The molecule has 1 aromatic carbocycles. The fourth-order valence-corrected chi connectivity index (χ4v) is 5.33. The van der Waals surface area contributed by atoms with Gasteiger partial charge < -0.3 is 34.8 Å². The molecule has 44 heavy (non-hydrogen) atoms. The monoisotopic (exact) mass is 608 g/mol. The molecule has 0 saturated carbocycles. The molecule has 0 bridgehead atoms. The first-order chi connectivity index (χ1) is 21.2. The molecule has 1 atom stereocenters. The highest BCUT2D eigenvalue weighted by Crippen LogP contribution is 2.25. The van der Waals surface area contributed by atoms with Crippen molar-refractivity contribution in [3.63, 3.8) is 0 Å². The maximum atomic E-state index is 13.7. The highest BCUT2D eigenvalue weighted by atomic mass is 16.6.